The Kier molecular flexibility index (Phi) is 4.62. The van der Waals surface area contributed by atoms with Crippen molar-refractivity contribution in [1.29, 1.82) is 0 Å². The Morgan fingerprint density at radius 3 is 2.68 bits per heavy atom. The van der Waals surface area contributed by atoms with Crippen molar-refractivity contribution in [2.75, 3.05) is 6.54 Å². The molecule has 164 valence electrons. The van der Waals surface area contributed by atoms with Gasteiger partial charge in [0.05, 0.1) is 16.4 Å². The van der Waals surface area contributed by atoms with E-state index in [0.717, 1.165) is 37.1 Å². The molecule has 3 heterocycles. The van der Waals surface area contributed by atoms with Crippen LogP contribution in [0.5, 0.6) is 0 Å². The van der Waals surface area contributed by atoms with E-state index in [4.69, 9.17) is 0 Å². The fraction of sp³-hybridized carbons (Fsp3) is 0.500. The molecule has 0 aliphatic heterocycles. The molecule has 3 N–H and O–H groups in total. The van der Waals surface area contributed by atoms with Crippen molar-refractivity contribution in [1.82, 2.24) is 24.8 Å². The van der Waals surface area contributed by atoms with Gasteiger partial charge >= 0.3 is 5.69 Å². The summed E-state index contributed by atoms with van der Waals surface area (Å²) >= 11 is 0. The Bertz CT molecular complexity index is 1260. The van der Waals surface area contributed by atoms with Crippen LogP contribution in [0, 0.1) is 5.92 Å². The maximum Gasteiger partial charge on any atom is 0.329 e. The van der Waals surface area contributed by atoms with Gasteiger partial charge in [0.15, 0.2) is 0 Å². The third kappa shape index (κ3) is 3.22. The molecule has 0 radical (unpaired) electrons. The van der Waals surface area contributed by atoms with Gasteiger partial charge in [-0.3, -0.25) is 14.3 Å². The Morgan fingerprint density at radius 2 is 2.00 bits per heavy atom. The van der Waals surface area contributed by atoms with Gasteiger partial charge in [0, 0.05) is 23.8 Å². The second kappa shape index (κ2) is 7.12. The lowest BCUT2D eigenvalue weighted by Crippen LogP contribution is -2.48. The summed E-state index contributed by atoms with van der Waals surface area (Å²) in [5, 5.41) is 4.23. The van der Waals surface area contributed by atoms with Crippen molar-refractivity contribution in [2.24, 2.45) is 5.92 Å². The number of aromatic amines is 2. The molecule has 2 aliphatic carbocycles. The van der Waals surface area contributed by atoms with Crippen LogP contribution in [-0.4, -0.2) is 37.5 Å². The van der Waals surface area contributed by atoms with Crippen molar-refractivity contribution in [3.8, 4) is 0 Å². The van der Waals surface area contributed by atoms with E-state index in [0.29, 0.717) is 35.9 Å². The molecular weight excluding hydrogens is 404 g/mol. The van der Waals surface area contributed by atoms with Crippen LogP contribution < -0.4 is 16.6 Å². The van der Waals surface area contributed by atoms with E-state index in [1.807, 2.05) is 6.07 Å². The summed E-state index contributed by atoms with van der Waals surface area (Å²) in [5.41, 5.74) is -0.769. The number of nitrogens with zero attached hydrogens (tertiary/aromatic N) is 2. The van der Waals surface area contributed by atoms with Gasteiger partial charge in [-0.2, -0.15) is 8.78 Å². The van der Waals surface area contributed by atoms with Gasteiger partial charge in [-0.25, -0.2) is 9.78 Å². The molecule has 0 bridgehead atoms. The molecular formula is C22H25F2N5O2. The fourth-order valence-corrected chi connectivity index (χ4v) is 4.99. The molecule has 0 spiro atoms. The molecule has 0 unspecified atom stereocenters. The third-order valence-electron chi connectivity index (χ3n) is 7.04. The monoisotopic (exact) mass is 429 g/mol. The highest BCUT2D eigenvalue weighted by atomic mass is 19.3. The zero-order valence-electron chi connectivity index (χ0n) is 17.1. The standard InChI is InChI=1S/C22H25F2N5O2/c1-2-22(23,24)21(8-9-21)27-11-13-3-5-14(6-4-13)29-17-15-7-10-25-18(15)26-12-16(17)19(30)28-20(29)31/h2,7,10,12-14,27H,1,3-6,8-9,11H2,(H,25,26)(H,28,30,31). The van der Waals surface area contributed by atoms with Gasteiger partial charge in [0.25, 0.3) is 11.5 Å². The van der Waals surface area contributed by atoms with Crippen LogP contribution in [0.2, 0.25) is 0 Å². The number of H-pyrrole nitrogens is 2. The number of aromatic nitrogens is 4. The van der Waals surface area contributed by atoms with Crippen LogP contribution in [0.3, 0.4) is 0 Å². The number of pyridine rings is 1. The number of fused-ring (bicyclic) bond motifs is 3. The van der Waals surface area contributed by atoms with Crippen molar-refractivity contribution < 1.29 is 8.78 Å². The molecule has 5 rings (SSSR count). The van der Waals surface area contributed by atoms with E-state index in [1.54, 1.807) is 10.8 Å². The minimum absolute atomic E-state index is 0.0619. The first kappa shape index (κ1) is 20.1. The van der Waals surface area contributed by atoms with E-state index >= 15 is 0 Å². The van der Waals surface area contributed by atoms with E-state index < -0.39 is 22.7 Å². The van der Waals surface area contributed by atoms with E-state index in [-0.39, 0.29) is 12.0 Å². The number of rotatable bonds is 6. The number of hydrogen-bond acceptors (Lipinski definition) is 4. The van der Waals surface area contributed by atoms with E-state index in [1.165, 1.54) is 6.20 Å². The molecule has 0 aromatic carbocycles. The first-order chi connectivity index (χ1) is 14.9. The molecule has 2 fully saturated rings. The van der Waals surface area contributed by atoms with Gasteiger partial charge in [-0.05, 0) is 63.1 Å². The van der Waals surface area contributed by atoms with Crippen molar-refractivity contribution in [3.63, 3.8) is 0 Å². The summed E-state index contributed by atoms with van der Waals surface area (Å²) in [5.74, 6) is -2.63. The summed E-state index contributed by atoms with van der Waals surface area (Å²) in [4.78, 5) is 34.8. The highest BCUT2D eigenvalue weighted by Gasteiger charge is 2.60. The summed E-state index contributed by atoms with van der Waals surface area (Å²) in [6.45, 7) is 3.81. The van der Waals surface area contributed by atoms with Crippen molar-refractivity contribution in [2.45, 2.75) is 56.0 Å². The lowest BCUT2D eigenvalue weighted by atomic mass is 9.85. The summed E-state index contributed by atoms with van der Waals surface area (Å²) in [7, 11) is 0. The third-order valence-corrected chi connectivity index (χ3v) is 7.04. The maximum atomic E-state index is 14.1. The first-order valence-corrected chi connectivity index (χ1v) is 10.7. The van der Waals surface area contributed by atoms with Gasteiger partial charge in [0.1, 0.15) is 5.65 Å². The van der Waals surface area contributed by atoms with Crippen LogP contribution in [0.1, 0.15) is 44.6 Å². The molecule has 31 heavy (non-hydrogen) atoms. The van der Waals surface area contributed by atoms with Gasteiger partial charge in [-0.15, -0.1) is 0 Å². The first-order valence-electron chi connectivity index (χ1n) is 10.7. The Balaban J connectivity index is 1.37. The predicted octanol–water partition coefficient (Wildman–Crippen LogP) is 3.24. The molecule has 2 aliphatic rings. The summed E-state index contributed by atoms with van der Waals surface area (Å²) < 4.78 is 29.9. The average Bonchev–Trinajstić information content (AvgIpc) is 3.42. The zero-order chi connectivity index (χ0) is 21.8. The Labute approximate surface area is 176 Å². The second-order valence-corrected chi connectivity index (χ2v) is 8.85. The minimum atomic E-state index is -2.90. The lowest BCUT2D eigenvalue weighted by Gasteiger charge is -2.33. The normalized spacial score (nSPS) is 23.3. The molecule has 0 saturated heterocycles. The van der Waals surface area contributed by atoms with Crippen LogP contribution in [0.25, 0.3) is 21.9 Å². The van der Waals surface area contributed by atoms with Crippen LogP contribution >= 0.6 is 0 Å². The molecule has 0 amide bonds. The highest BCUT2D eigenvalue weighted by molar-refractivity contribution is 6.01. The predicted molar refractivity (Wildman–Crippen MR) is 115 cm³/mol. The Morgan fingerprint density at radius 1 is 1.26 bits per heavy atom. The van der Waals surface area contributed by atoms with Gasteiger partial charge in [0.2, 0.25) is 0 Å². The molecule has 9 heteroatoms. The fourth-order valence-electron chi connectivity index (χ4n) is 4.99. The SMILES string of the molecule is C=CC(F)(F)C1(NCC2CCC(n3c(=O)[nH]c(=O)c4cnc5[nH]ccc5c43)CC2)CC1. The minimum Gasteiger partial charge on any atom is -0.346 e. The summed E-state index contributed by atoms with van der Waals surface area (Å²) in [6.07, 6.45) is 8.02. The maximum absolute atomic E-state index is 14.1. The quantitative estimate of drug-likeness (QED) is 0.524. The smallest absolute Gasteiger partial charge is 0.329 e. The number of hydrogen-bond donors (Lipinski definition) is 3. The molecule has 3 aromatic rings. The number of alkyl halides is 2. The molecule has 0 atom stereocenters. The van der Waals surface area contributed by atoms with Crippen LogP contribution in [-0.2, 0) is 0 Å². The van der Waals surface area contributed by atoms with E-state index in [9.17, 15) is 18.4 Å². The highest BCUT2D eigenvalue weighted by Crippen LogP contribution is 2.49. The lowest BCUT2D eigenvalue weighted by molar-refractivity contribution is -0.00177. The zero-order valence-corrected chi connectivity index (χ0v) is 17.1. The second-order valence-electron chi connectivity index (χ2n) is 8.85. The number of nitrogens with one attached hydrogen (secondary N) is 3. The molecule has 2 saturated carbocycles. The van der Waals surface area contributed by atoms with Gasteiger partial charge in [-0.1, -0.05) is 6.58 Å². The largest absolute Gasteiger partial charge is 0.346 e. The van der Waals surface area contributed by atoms with Gasteiger partial charge < -0.3 is 10.3 Å². The number of halogens is 2. The van der Waals surface area contributed by atoms with Crippen molar-refractivity contribution >= 4 is 21.9 Å². The van der Waals surface area contributed by atoms with Crippen LogP contribution in [0.15, 0.2) is 40.7 Å². The summed E-state index contributed by atoms with van der Waals surface area (Å²) in [6, 6.07) is 1.76. The average molecular weight is 429 g/mol. The van der Waals surface area contributed by atoms with Crippen molar-refractivity contribution in [3.05, 3.63) is 52.0 Å². The van der Waals surface area contributed by atoms with Crippen LogP contribution in [0.4, 0.5) is 8.78 Å². The Hall–Kier alpha value is -2.81. The van der Waals surface area contributed by atoms with E-state index in [2.05, 4.69) is 26.8 Å². The molecule has 7 nitrogen and oxygen atoms in total. The molecule has 3 aromatic heterocycles. The topological polar surface area (TPSA) is 95.6 Å².